The van der Waals surface area contributed by atoms with E-state index in [0.29, 0.717) is 5.75 Å². The third-order valence-corrected chi connectivity index (χ3v) is 3.14. The smallest absolute Gasteiger partial charge is 0.161 e. The summed E-state index contributed by atoms with van der Waals surface area (Å²) in [4.78, 5) is 2.13. The number of nitrogens with zero attached hydrogens (tertiary/aromatic N) is 1. The number of hydrogen-bond donors (Lipinski definition) is 1. The van der Waals surface area contributed by atoms with Gasteiger partial charge in [0, 0.05) is 13.0 Å². The number of rotatable bonds is 6. The lowest BCUT2D eigenvalue weighted by Crippen LogP contribution is -2.18. The van der Waals surface area contributed by atoms with Crippen molar-refractivity contribution in [2.75, 3.05) is 20.6 Å². The largest absolute Gasteiger partial charge is 0.504 e. The molecule has 0 bridgehead atoms. The van der Waals surface area contributed by atoms with Gasteiger partial charge in [-0.2, -0.15) is 0 Å². The molecule has 0 aliphatic rings. The first kappa shape index (κ1) is 14.4. The van der Waals surface area contributed by atoms with Crippen LogP contribution in [-0.2, 0) is 0 Å². The number of phenols is 1. The van der Waals surface area contributed by atoms with E-state index >= 15 is 0 Å². The molecule has 0 radical (unpaired) electrons. The van der Waals surface area contributed by atoms with Crippen molar-refractivity contribution in [3.05, 3.63) is 60.2 Å². The van der Waals surface area contributed by atoms with Gasteiger partial charge in [-0.3, -0.25) is 0 Å². The van der Waals surface area contributed by atoms with E-state index in [9.17, 15) is 5.11 Å². The third-order valence-electron chi connectivity index (χ3n) is 3.14. The average molecular weight is 271 g/mol. The highest BCUT2D eigenvalue weighted by molar-refractivity contribution is 5.38. The van der Waals surface area contributed by atoms with Crippen LogP contribution in [0.3, 0.4) is 0 Å². The van der Waals surface area contributed by atoms with Crippen molar-refractivity contribution in [2.45, 2.75) is 12.5 Å². The minimum absolute atomic E-state index is 0.0631. The number of aromatic hydroxyl groups is 1. The number of hydrogen-bond acceptors (Lipinski definition) is 3. The van der Waals surface area contributed by atoms with Gasteiger partial charge in [-0.1, -0.05) is 42.5 Å². The van der Waals surface area contributed by atoms with Crippen LogP contribution in [0.5, 0.6) is 11.5 Å². The molecule has 0 aliphatic heterocycles. The molecule has 0 fully saturated rings. The molecular weight excluding hydrogens is 250 g/mol. The summed E-state index contributed by atoms with van der Waals surface area (Å²) in [6.07, 6.45) is 0.803. The van der Waals surface area contributed by atoms with Gasteiger partial charge in [-0.15, -0.1) is 0 Å². The Hall–Kier alpha value is -2.00. The monoisotopic (exact) mass is 271 g/mol. The van der Waals surface area contributed by atoms with Crippen molar-refractivity contribution in [3.8, 4) is 11.5 Å². The van der Waals surface area contributed by atoms with Crippen molar-refractivity contribution in [3.63, 3.8) is 0 Å². The molecule has 3 heteroatoms. The molecule has 2 aromatic rings. The van der Waals surface area contributed by atoms with Crippen molar-refractivity contribution in [2.24, 2.45) is 0 Å². The van der Waals surface area contributed by atoms with Crippen molar-refractivity contribution < 1.29 is 9.84 Å². The quantitative estimate of drug-likeness (QED) is 0.873. The van der Waals surface area contributed by atoms with Crippen LogP contribution in [-0.4, -0.2) is 30.6 Å². The van der Waals surface area contributed by atoms with E-state index < -0.39 is 0 Å². The molecule has 0 aliphatic carbocycles. The van der Waals surface area contributed by atoms with Gasteiger partial charge in [0.1, 0.15) is 6.10 Å². The van der Waals surface area contributed by atoms with E-state index in [1.54, 1.807) is 18.2 Å². The number of ether oxygens (including phenoxy) is 1. The summed E-state index contributed by atoms with van der Waals surface area (Å²) in [5.41, 5.74) is 1.12. The molecule has 20 heavy (non-hydrogen) atoms. The molecule has 1 N–H and O–H groups in total. The van der Waals surface area contributed by atoms with E-state index in [-0.39, 0.29) is 11.9 Å². The molecule has 0 amide bonds. The maximum absolute atomic E-state index is 9.85. The lowest BCUT2D eigenvalue weighted by molar-refractivity contribution is 0.173. The van der Waals surface area contributed by atoms with E-state index in [4.69, 9.17) is 4.74 Å². The normalized spacial score (nSPS) is 12.3. The standard InChI is InChI=1S/C17H21NO2/c1-18(2)13-12-16(14-8-4-3-5-9-14)20-17-11-7-6-10-15(17)19/h3-11,16,19H,12-13H2,1-2H3/t16-/m1/s1. The van der Waals surface area contributed by atoms with Crippen LogP contribution >= 0.6 is 0 Å². The van der Waals surface area contributed by atoms with Crippen LogP contribution in [0, 0.1) is 0 Å². The van der Waals surface area contributed by atoms with Crippen LogP contribution < -0.4 is 4.74 Å². The zero-order valence-electron chi connectivity index (χ0n) is 12.0. The lowest BCUT2D eigenvalue weighted by Gasteiger charge is -2.22. The second kappa shape index (κ2) is 6.96. The molecule has 2 aromatic carbocycles. The Morgan fingerprint density at radius 2 is 1.65 bits per heavy atom. The van der Waals surface area contributed by atoms with Crippen molar-refractivity contribution in [1.29, 1.82) is 0 Å². The second-order valence-corrected chi connectivity index (χ2v) is 5.08. The zero-order valence-corrected chi connectivity index (χ0v) is 12.0. The molecule has 0 spiro atoms. The van der Waals surface area contributed by atoms with Gasteiger partial charge in [0.15, 0.2) is 11.5 Å². The Labute approximate surface area is 120 Å². The van der Waals surface area contributed by atoms with E-state index in [0.717, 1.165) is 18.5 Å². The summed E-state index contributed by atoms with van der Waals surface area (Å²) < 4.78 is 6.01. The van der Waals surface area contributed by atoms with E-state index in [2.05, 4.69) is 17.0 Å². The molecule has 0 saturated heterocycles. The van der Waals surface area contributed by atoms with Crippen LogP contribution in [0.1, 0.15) is 18.1 Å². The molecule has 0 unspecified atom stereocenters. The maximum Gasteiger partial charge on any atom is 0.161 e. The zero-order chi connectivity index (χ0) is 14.4. The van der Waals surface area contributed by atoms with Crippen LogP contribution in [0.25, 0.3) is 0 Å². The van der Waals surface area contributed by atoms with Gasteiger partial charge in [0.2, 0.25) is 0 Å². The Bertz CT molecular complexity index is 526. The van der Waals surface area contributed by atoms with Gasteiger partial charge in [0.05, 0.1) is 0 Å². The topological polar surface area (TPSA) is 32.7 Å². The number of para-hydroxylation sites is 2. The fraction of sp³-hybridized carbons (Fsp3) is 0.294. The van der Waals surface area contributed by atoms with Gasteiger partial charge in [-0.05, 0) is 31.8 Å². The van der Waals surface area contributed by atoms with Gasteiger partial charge in [0.25, 0.3) is 0 Å². The van der Waals surface area contributed by atoms with Gasteiger partial charge in [-0.25, -0.2) is 0 Å². The summed E-state index contributed by atoms with van der Waals surface area (Å²) in [7, 11) is 4.09. The van der Waals surface area contributed by atoms with E-state index in [1.165, 1.54) is 0 Å². The Morgan fingerprint density at radius 1 is 1.00 bits per heavy atom. The highest BCUT2D eigenvalue weighted by Gasteiger charge is 2.15. The van der Waals surface area contributed by atoms with Crippen molar-refractivity contribution >= 4 is 0 Å². The van der Waals surface area contributed by atoms with E-state index in [1.807, 2.05) is 38.4 Å². The minimum Gasteiger partial charge on any atom is -0.504 e. The van der Waals surface area contributed by atoms with Crippen LogP contribution in [0.15, 0.2) is 54.6 Å². The molecular formula is C17H21NO2. The molecule has 0 heterocycles. The number of phenolic OH excluding ortho intramolecular Hbond substituents is 1. The predicted molar refractivity (Wildman–Crippen MR) is 81.1 cm³/mol. The maximum atomic E-state index is 9.85. The average Bonchev–Trinajstić information content (AvgIpc) is 2.46. The molecule has 106 valence electrons. The molecule has 3 nitrogen and oxygen atoms in total. The Kier molecular flexibility index (Phi) is 5.02. The van der Waals surface area contributed by atoms with Crippen LogP contribution in [0.2, 0.25) is 0 Å². The Balaban J connectivity index is 2.16. The summed E-state index contributed by atoms with van der Waals surface area (Å²) in [5, 5.41) is 9.85. The fourth-order valence-corrected chi connectivity index (χ4v) is 2.05. The summed E-state index contributed by atoms with van der Waals surface area (Å²) in [5.74, 6) is 0.707. The first-order chi connectivity index (χ1) is 9.66. The van der Waals surface area contributed by atoms with Crippen molar-refractivity contribution in [1.82, 2.24) is 4.90 Å². The highest BCUT2D eigenvalue weighted by Crippen LogP contribution is 2.31. The third kappa shape index (κ3) is 4.00. The molecule has 0 saturated carbocycles. The second-order valence-electron chi connectivity index (χ2n) is 5.08. The number of benzene rings is 2. The predicted octanol–water partition coefficient (Wildman–Crippen LogP) is 3.46. The Morgan fingerprint density at radius 3 is 2.30 bits per heavy atom. The first-order valence-corrected chi connectivity index (χ1v) is 6.81. The lowest BCUT2D eigenvalue weighted by atomic mass is 10.1. The first-order valence-electron chi connectivity index (χ1n) is 6.81. The SMILES string of the molecule is CN(C)CC[C@@H](Oc1ccccc1O)c1ccccc1. The summed E-state index contributed by atoms with van der Waals surface area (Å²) >= 11 is 0. The van der Waals surface area contributed by atoms with Gasteiger partial charge >= 0.3 is 0 Å². The summed E-state index contributed by atoms with van der Waals surface area (Å²) in [6, 6.07) is 17.2. The van der Waals surface area contributed by atoms with Crippen LogP contribution in [0.4, 0.5) is 0 Å². The molecule has 0 aromatic heterocycles. The minimum atomic E-state index is -0.0631. The highest BCUT2D eigenvalue weighted by atomic mass is 16.5. The molecule has 1 atom stereocenters. The van der Waals surface area contributed by atoms with Gasteiger partial charge < -0.3 is 14.7 Å². The summed E-state index contributed by atoms with van der Waals surface area (Å²) in [6.45, 7) is 0.924. The fourth-order valence-electron chi connectivity index (χ4n) is 2.05. The molecule has 2 rings (SSSR count).